The molecule has 1 aromatic carbocycles. The van der Waals surface area contributed by atoms with Crippen LogP contribution in [0.15, 0.2) is 24.3 Å². The summed E-state index contributed by atoms with van der Waals surface area (Å²) >= 11 is 0. The number of rotatable bonds is 3. The first kappa shape index (κ1) is 26.6. The van der Waals surface area contributed by atoms with Crippen molar-refractivity contribution in [1.29, 1.82) is 0 Å². The molecular weight excluding hydrogens is 493 g/mol. The summed E-state index contributed by atoms with van der Waals surface area (Å²) in [6.45, 7) is 5.43. The molecule has 0 unspecified atom stereocenters. The minimum absolute atomic E-state index is 0.00158. The van der Waals surface area contributed by atoms with Crippen LogP contribution in [0.1, 0.15) is 49.5 Å². The number of amides is 2. The number of alkyl halides is 3. The molecule has 2 aliphatic rings. The van der Waals surface area contributed by atoms with E-state index in [9.17, 15) is 31.2 Å². The third-order valence-corrected chi connectivity index (χ3v) is 6.33. The van der Waals surface area contributed by atoms with Crippen LogP contribution in [0.2, 0.25) is 0 Å². The summed E-state index contributed by atoms with van der Waals surface area (Å²) in [6, 6.07) is 4.23. The van der Waals surface area contributed by atoms with E-state index in [1.807, 2.05) is 0 Å². The van der Waals surface area contributed by atoms with Gasteiger partial charge in [0.1, 0.15) is 17.0 Å². The van der Waals surface area contributed by atoms with E-state index in [-0.39, 0.29) is 42.8 Å². The normalized spacial score (nSPS) is 17.7. The lowest BCUT2D eigenvalue weighted by molar-refractivity contribution is -0.0512. The molecule has 0 N–H and O–H groups in total. The van der Waals surface area contributed by atoms with E-state index in [1.165, 1.54) is 42.1 Å². The van der Waals surface area contributed by atoms with E-state index in [2.05, 4.69) is 4.18 Å². The zero-order valence-corrected chi connectivity index (χ0v) is 20.7. The van der Waals surface area contributed by atoms with Crippen LogP contribution in [0.4, 0.5) is 18.0 Å². The molecule has 2 heterocycles. The second-order valence-electron chi connectivity index (χ2n) is 9.50. The highest BCUT2D eigenvalue weighted by atomic mass is 32.2. The third-order valence-electron chi connectivity index (χ3n) is 5.36. The zero-order valence-electron chi connectivity index (χ0n) is 19.9. The summed E-state index contributed by atoms with van der Waals surface area (Å²) in [6.07, 6.45) is 0.840. The molecule has 0 bridgehead atoms. The largest absolute Gasteiger partial charge is 0.534 e. The fourth-order valence-electron chi connectivity index (χ4n) is 3.72. The van der Waals surface area contributed by atoms with E-state index in [0.717, 1.165) is 6.08 Å². The number of carbonyl (C=O) groups is 2. The second-order valence-corrected chi connectivity index (χ2v) is 11.0. The van der Waals surface area contributed by atoms with Gasteiger partial charge in [0.2, 0.25) is 0 Å². The van der Waals surface area contributed by atoms with E-state index in [0.29, 0.717) is 0 Å². The Labute approximate surface area is 201 Å². The molecule has 13 heteroatoms. The van der Waals surface area contributed by atoms with Crippen molar-refractivity contribution < 1.29 is 44.8 Å². The van der Waals surface area contributed by atoms with Crippen molar-refractivity contribution in [2.45, 2.75) is 50.3 Å². The SMILES string of the molecule is CN(C)C(=O)c1cccc2c1C(OS(=O)(=O)C(F)(F)F)=CC1(CCN(C(=O)OC(C)(C)C)CC1)O2. The monoisotopic (exact) mass is 520 g/mol. The molecule has 194 valence electrons. The molecule has 2 aliphatic heterocycles. The van der Waals surface area contributed by atoms with Crippen molar-refractivity contribution in [3.63, 3.8) is 0 Å². The summed E-state index contributed by atoms with van der Waals surface area (Å²) < 4.78 is 79.3. The van der Waals surface area contributed by atoms with Crippen LogP contribution in [0.3, 0.4) is 0 Å². The Morgan fingerprint density at radius 2 is 1.71 bits per heavy atom. The van der Waals surface area contributed by atoms with Crippen LogP contribution < -0.4 is 4.74 Å². The van der Waals surface area contributed by atoms with E-state index in [1.54, 1.807) is 20.8 Å². The predicted octanol–water partition coefficient (Wildman–Crippen LogP) is 3.76. The van der Waals surface area contributed by atoms with E-state index in [4.69, 9.17) is 9.47 Å². The van der Waals surface area contributed by atoms with Crippen LogP contribution in [0, 0.1) is 0 Å². The Morgan fingerprint density at radius 1 is 1.11 bits per heavy atom. The topological polar surface area (TPSA) is 102 Å². The minimum atomic E-state index is -6.04. The van der Waals surface area contributed by atoms with Crippen molar-refractivity contribution in [2.24, 2.45) is 0 Å². The first-order chi connectivity index (χ1) is 15.9. The Kier molecular flexibility index (Phi) is 6.79. The number of halogens is 3. The molecule has 1 aromatic rings. The van der Waals surface area contributed by atoms with Gasteiger partial charge < -0.3 is 23.5 Å². The lowest BCUT2D eigenvalue weighted by atomic mass is 9.86. The molecule has 0 aliphatic carbocycles. The maximum absolute atomic E-state index is 13.2. The van der Waals surface area contributed by atoms with Crippen molar-refractivity contribution in [1.82, 2.24) is 9.80 Å². The number of likely N-dealkylation sites (tertiary alicyclic amines) is 1. The van der Waals surface area contributed by atoms with Crippen LogP contribution >= 0.6 is 0 Å². The minimum Gasteiger partial charge on any atom is -0.482 e. The van der Waals surface area contributed by atoms with E-state index >= 15 is 0 Å². The Morgan fingerprint density at radius 3 is 2.23 bits per heavy atom. The number of nitrogens with zero attached hydrogens (tertiary/aromatic N) is 2. The summed E-state index contributed by atoms with van der Waals surface area (Å²) in [5.74, 6) is -1.24. The molecule has 1 spiro atoms. The van der Waals surface area contributed by atoms with Gasteiger partial charge in [0.15, 0.2) is 5.76 Å². The van der Waals surface area contributed by atoms with Gasteiger partial charge in [-0.2, -0.15) is 21.6 Å². The van der Waals surface area contributed by atoms with Gasteiger partial charge >= 0.3 is 21.7 Å². The van der Waals surface area contributed by atoms with Crippen LogP contribution in [-0.2, 0) is 19.0 Å². The molecule has 9 nitrogen and oxygen atoms in total. The number of ether oxygens (including phenoxy) is 2. The smallest absolute Gasteiger partial charge is 0.482 e. The molecule has 0 saturated carbocycles. The van der Waals surface area contributed by atoms with Gasteiger partial charge in [-0.1, -0.05) is 6.07 Å². The van der Waals surface area contributed by atoms with Crippen LogP contribution in [0.5, 0.6) is 5.75 Å². The van der Waals surface area contributed by atoms with Gasteiger partial charge in [-0.3, -0.25) is 4.79 Å². The summed E-state index contributed by atoms with van der Waals surface area (Å²) in [5, 5.41) is 0. The van der Waals surface area contributed by atoms with Crippen LogP contribution in [-0.4, -0.2) is 74.1 Å². The molecule has 35 heavy (non-hydrogen) atoms. The van der Waals surface area contributed by atoms with Crippen molar-refractivity contribution >= 4 is 27.9 Å². The lowest BCUT2D eigenvalue weighted by Gasteiger charge is -2.42. The Bertz CT molecular complexity index is 1150. The average Bonchev–Trinajstić information content (AvgIpc) is 2.70. The van der Waals surface area contributed by atoms with Crippen molar-refractivity contribution in [3.05, 3.63) is 35.4 Å². The molecule has 1 fully saturated rings. The maximum atomic E-state index is 13.2. The fourth-order valence-corrected chi connectivity index (χ4v) is 4.18. The highest BCUT2D eigenvalue weighted by molar-refractivity contribution is 7.87. The molecule has 1 saturated heterocycles. The molecule has 0 radical (unpaired) electrons. The van der Waals surface area contributed by atoms with E-state index < -0.39 is 44.6 Å². The van der Waals surface area contributed by atoms with Gasteiger partial charge in [-0.25, -0.2) is 4.79 Å². The number of fused-ring (bicyclic) bond motifs is 1. The third kappa shape index (κ3) is 5.65. The average molecular weight is 521 g/mol. The first-order valence-corrected chi connectivity index (χ1v) is 12.1. The highest BCUT2D eigenvalue weighted by Crippen LogP contribution is 2.44. The highest BCUT2D eigenvalue weighted by Gasteiger charge is 2.51. The maximum Gasteiger partial charge on any atom is 0.534 e. The lowest BCUT2D eigenvalue weighted by Crippen LogP contribution is -2.51. The molecule has 3 rings (SSSR count). The molecule has 0 aromatic heterocycles. The standard InChI is InChI=1S/C22H27F3N2O7S/c1-20(2,3)33-19(29)27-11-9-21(10-12-27)13-16(34-35(30,31)22(23,24)25)17-14(18(28)26(4)5)7-6-8-15(17)32-21/h6-8,13H,9-12H2,1-5H3. The first-order valence-electron chi connectivity index (χ1n) is 10.7. The van der Waals surface area contributed by atoms with Gasteiger partial charge in [0.25, 0.3) is 5.91 Å². The zero-order chi connectivity index (χ0) is 26.4. The Hall–Kier alpha value is -2.96. The number of hydrogen-bond donors (Lipinski definition) is 0. The summed E-state index contributed by atoms with van der Waals surface area (Å²) in [5.41, 5.74) is -7.94. The van der Waals surface area contributed by atoms with Gasteiger partial charge in [-0.05, 0) is 32.9 Å². The summed E-state index contributed by atoms with van der Waals surface area (Å²) in [7, 11) is -3.15. The van der Waals surface area contributed by atoms with Gasteiger partial charge in [-0.15, -0.1) is 0 Å². The van der Waals surface area contributed by atoms with Crippen LogP contribution in [0.25, 0.3) is 5.76 Å². The van der Waals surface area contributed by atoms with Crippen molar-refractivity contribution in [3.8, 4) is 5.75 Å². The number of benzene rings is 1. The quantitative estimate of drug-likeness (QED) is 0.442. The summed E-state index contributed by atoms with van der Waals surface area (Å²) in [4.78, 5) is 27.7. The molecule has 2 amide bonds. The number of piperidine rings is 1. The number of carbonyl (C=O) groups excluding carboxylic acids is 2. The fraction of sp³-hybridized carbons (Fsp3) is 0.545. The second kappa shape index (κ2) is 8.92. The Balaban J connectivity index is 2.01. The number of hydrogen-bond acceptors (Lipinski definition) is 7. The molecule has 0 atom stereocenters. The predicted molar refractivity (Wildman–Crippen MR) is 119 cm³/mol. The van der Waals surface area contributed by atoms with Crippen molar-refractivity contribution in [2.75, 3.05) is 27.2 Å². The van der Waals surface area contributed by atoms with Gasteiger partial charge in [0, 0.05) is 46.1 Å². The van der Waals surface area contributed by atoms with Gasteiger partial charge in [0.05, 0.1) is 11.1 Å². The molecular formula is C22H27F3N2O7S.